The molecule has 4 aromatic heterocycles. The highest BCUT2D eigenvalue weighted by molar-refractivity contribution is 7.09. The van der Waals surface area contributed by atoms with Crippen LogP contribution in [-0.2, 0) is 12.5 Å². The van der Waals surface area contributed by atoms with E-state index in [9.17, 15) is 0 Å². The second-order valence-electron chi connectivity index (χ2n) is 9.32. The molecule has 1 aliphatic heterocycles. The molecule has 5 aromatic rings. The van der Waals surface area contributed by atoms with Gasteiger partial charge in [0, 0.05) is 60.3 Å². The first kappa shape index (κ1) is 20.3. The van der Waals surface area contributed by atoms with Gasteiger partial charge in [0.25, 0.3) is 0 Å². The first-order valence-electron chi connectivity index (χ1n) is 11.2. The number of aromatic amines is 1. The molecule has 1 aromatic carbocycles. The van der Waals surface area contributed by atoms with Crippen molar-refractivity contribution in [2.75, 3.05) is 24.5 Å². The Morgan fingerprint density at radius 2 is 2.09 bits per heavy atom. The minimum Gasteiger partial charge on any atom is -0.355 e. The summed E-state index contributed by atoms with van der Waals surface area (Å²) in [5.74, 6) is 1.86. The lowest BCUT2D eigenvalue weighted by atomic mass is 10.0. The molecule has 9 nitrogen and oxygen atoms in total. The lowest BCUT2D eigenvalue weighted by molar-refractivity contribution is 0.549. The van der Waals surface area contributed by atoms with E-state index >= 15 is 0 Å². The topological polar surface area (TPSA) is 114 Å². The number of anilines is 1. The van der Waals surface area contributed by atoms with Crippen molar-refractivity contribution in [3.05, 3.63) is 45.6 Å². The summed E-state index contributed by atoms with van der Waals surface area (Å²) < 4.78 is 1.75. The van der Waals surface area contributed by atoms with Gasteiger partial charge in [-0.05, 0) is 30.9 Å². The lowest BCUT2D eigenvalue weighted by Crippen LogP contribution is -2.35. The Morgan fingerprint density at radius 3 is 2.82 bits per heavy atom. The van der Waals surface area contributed by atoms with Crippen molar-refractivity contribution in [2.45, 2.75) is 12.3 Å². The van der Waals surface area contributed by atoms with Gasteiger partial charge in [-0.25, -0.2) is 15.0 Å². The van der Waals surface area contributed by atoms with E-state index in [0.29, 0.717) is 40.3 Å². The summed E-state index contributed by atoms with van der Waals surface area (Å²) >= 11 is 8.45. The molecule has 1 saturated heterocycles. The van der Waals surface area contributed by atoms with E-state index < -0.39 is 0 Å². The van der Waals surface area contributed by atoms with Gasteiger partial charge in [0.1, 0.15) is 22.0 Å². The fraction of sp³-hybridized carbons (Fsp3) is 0.348. The zero-order chi connectivity index (χ0) is 23.2. The third kappa shape index (κ3) is 2.67. The van der Waals surface area contributed by atoms with Crippen LogP contribution in [0.5, 0.6) is 0 Å². The van der Waals surface area contributed by atoms with Crippen LogP contribution in [0.3, 0.4) is 0 Å². The molecular weight excluding hydrogens is 470 g/mol. The summed E-state index contributed by atoms with van der Waals surface area (Å²) in [5, 5.41) is 16.8. The number of hydrogen-bond acceptors (Lipinski definition) is 8. The van der Waals surface area contributed by atoms with E-state index in [1.54, 1.807) is 16.0 Å². The summed E-state index contributed by atoms with van der Waals surface area (Å²) in [6.45, 7) is 4.50. The smallest absolute Gasteiger partial charge is 0.177 e. The third-order valence-corrected chi connectivity index (χ3v) is 9.02. The molecule has 0 amide bonds. The van der Waals surface area contributed by atoms with Crippen LogP contribution in [0.15, 0.2) is 29.9 Å². The van der Waals surface area contributed by atoms with Gasteiger partial charge in [0.05, 0.1) is 16.7 Å². The van der Waals surface area contributed by atoms with Gasteiger partial charge in [-0.3, -0.25) is 9.78 Å². The third-order valence-electron chi connectivity index (χ3n) is 7.46. The number of H-pyrrole nitrogens is 1. The van der Waals surface area contributed by atoms with Gasteiger partial charge in [-0.2, -0.15) is 10.2 Å². The van der Waals surface area contributed by atoms with E-state index in [-0.39, 0.29) is 5.41 Å². The monoisotopic (exact) mass is 491 g/mol. The average Bonchev–Trinajstić information content (AvgIpc) is 3.44. The molecule has 7 rings (SSSR count). The first-order chi connectivity index (χ1) is 16.5. The Labute approximate surface area is 204 Å². The zero-order valence-corrected chi connectivity index (χ0v) is 20.2. The Kier molecular flexibility index (Phi) is 4.16. The molecule has 3 N–H and O–H groups in total. The second-order valence-corrected chi connectivity index (χ2v) is 10.6. The number of rotatable bonds is 4. The van der Waals surface area contributed by atoms with Gasteiger partial charge in [0.15, 0.2) is 5.65 Å². The molecule has 2 aliphatic rings. The first-order valence-corrected chi connectivity index (χ1v) is 12.5. The fourth-order valence-electron chi connectivity index (χ4n) is 5.69. The van der Waals surface area contributed by atoms with Crippen LogP contribution in [0, 0.1) is 18.8 Å². The highest BCUT2D eigenvalue weighted by Gasteiger charge is 2.69. The molecule has 0 spiro atoms. The number of fused-ring (bicyclic) bond motifs is 3. The molecule has 172 valence electrons. The summed E-state index contributed by atoms with van der Waals surface area (Å²) in [6.07, 6.45) is 3.74. The molecule has 3 atom stereocenters. The zero-order valence-electron chi connectivity index (χ0n) is 18.7. The number of benzene rings is 1. The van der Waals surface area contributed by atoms with E-state index in [1.807, 2.05) is 38.5 Å². The van der Waals surface area contributed by atoms with Crippen LogP contribution in [-0.4, -0.2) is 54.6 Å². The number of nitrogens with two attached hydrogens (primary N) is 1. The average molecular weight is 492 g/mol. The number of hydrogen-bond donors (Lipinski definition) is 2. The Balaban J connectivity index is 1.18. The molecule has 11 heteroatoms. The maximum absolute atomic E-state index is 6.72. The van der Waals surface area contributed by atoms with E-state index in [2.05, 4.69) is 25.6 Å². The van der Waals surface area contributed by atoms with Crippen LogP contribution in [0.4, 0.5) is 5.82 Å². The normalized spacial score (nSPS) is 23.8. The highest BCUT2D eigenvalue weighted by atomic mass is 35.5. The standard InChI is InChI=1S/C23H22ClN9S/c1-11-9-34-22(27-11)23(10-25)14-7-33(8-15(14)23)17-5-26-20-19(29-30-21(20)28-17)12-3-4-16-13(18(12)24)6-32(2)31-16/h3-6,9,14-15H,7-8,10,25H2,1-2H3,(H,28,29,30)/t14-,15+,23-. The molecule has 0 radical (unpaired) electrons. The second kappa shape index (κ2) is 6.97. The molecule has 1 aliphatic carbocycles. The lowest BCUT2D eigenvalue weighted by Gasteiger charge is -2.25. The SMILES string of the molecule is Cc1csc([C@]2(CN)[C@@H]3CN(c4cnc5c(-c6ccc7nn(C)cc7c6Cl)n[nH]c5n4)C[C@@H]32)n1. The fourth-order valence-corrected chi connectivity index (χ4v) is 7.13. The van der Waals surface area contributed by atoms with E-state index in [4.69, 9.17) is 32.3 Å². The number of nitrogens with zero attached hydrogens (tertiary/aromatic N) is 7. The number of halogens is 1. The van der Waals surface area contributed by atoms with Gasteiger partial charge in [-0.1, -0.05) is 11.6 Å². The van der Waals surface area contributed by atoms with Gasteiger partial charge in [0.2, 0.25) is 0 Å². The molecule has 0 unspecified atom stereocenters. The maximum atomic E-state index is 6.72. The van der Waals surface area contributed by atoms with Crippen molar-refractivity contribution in [3.63, 3.8) is 0 Å². The van der Waals surface area contributed by atoms with Crippen LogP contribution in [0.2, 0.25) is 5.02 Å². The molecule has 1 saturated carbocycles. The van der Waals surface area contributed by atoms with Crippen molar-refractivity contribution in [3.8, 4) is 11.3 Å². The Bertz CT molecular complexity index is 1570. The highest BCUT2D eigenvalue weighted by Crippen LogP contribution is 2.63. The van der Waals surface area contributed by atoms with Crippen LogP contribution < -0.4 is 10.6 Å². The predicted molar refractivity (Wildman–Crippen MR) is 133 cm³/mol. The minimum atomic E-state index is 0.0236. The Hall–Kier alpha value is -3.08. The van der Waals surface area contributed by atoms with Gasteiger partial charge >= 0.3 is 0 Å². The van der Waals surface area contributed by atoms with Crippen LogP contribution in [0.25, 0.3) is 33.3 Å². The van der Waals surface area contributed by atoms with Crippen molar-refractivity contribution >= 4 is 50.8 Å². The van der Waals surface area contributed by atoms with Crippen molar-refractivity contribution in [2.24, 2.45) is 24.6 Å². The minimum absolute atomic E-state index is 0.0236. The largest absolute Gasteiger partial charge is 0.355 e. The van der Waals surface area contributed by atoms with Crippen molar-refractivity contribution < 1.29 is 0 Å². The maximum Gasteiger partial charge on any atom is 0.177 e. The molecule has 2 fully saturated rings. The Morgan fingerprint density at radius 1 is 1.26 bits per heavy atom. The van der Waals surface area contributed by atoms with E-state index in [1.165, 1.54) is 5.01 Å². The number of nitrogens with one attached hydrogen (secondary N) is 1. The van der Waals surface area contributed by atoms with Gasteiger partial charge in [-0.15, -0.1) is 11.3 Å². The van der Waals surface area contributed by atoms with Crippen molar-refractivity contribution in [1.82, 2.24) is 34.9 Å². The molecule has 0 bridgehead atoms. The van der Waals surface area contributed by atoms with E-state index in [0.717, 1.165) is 41.1 Å². The van der Waals surface area contributed by atoms with Gasteiger partial charge < -0.3 is 10.6 Å². The number of aromatic nitrogens is 7. The molecule has 5 heterocycles. The molecule has 34 heavy (non-hydrogen) atoms. The summed E-state index contributed by atoms with van der Waals surface area (Å²) in [7, 11) is 1.88. The molecular formula is C23H22ClN9S. The quantitative estimate of drug-likeness (QED) is 0.396. The summed E-state index contributed by atoms with van der Waals surface area (Å²) in [4.78, 5) is 16.6. The number of piperidine rings is 1. The predicted octanol–water partition coefficient (Wildman–Crippen LogP) is 3.29. The van der Waals surface area contributed by atoms with Crippen molar-refractivity contribution in [1.29, 1.82) is 0 Å². The number of aryl methyl sites for hydroxylation is 2. The summed E-state index contributed by atoms with van der Waals surface area (Å²) in [5.41, 5.74) is 11.0. The van der Waals surface area contributed by atoms with Crippen LogP contribution in [0.1, 0.15) is 10.7 Å². The van der Waals surface area contributed by atoms with Crippen LogP contribution >= 0.6 is 22.9 Å². The summed E-state index contributed by atoms with van der Waals surface area (Å²) in [6, 6.07) is 3.88. The number of thiazole rings is 1.